The second kappa shape index (κ2) is 8.39. The van der Waals surface area contributed by atoms with E-state index < -0.39 is 15.9 Å². The molecule has 2 aromatic carbocycles. The molecule has 142 valence electrons. The summed E-state index contributed by atoms with van der Waals surface area (Å²) in [5, 5.41) is 4.78. The Morgan fingerprint density at radius 1 is 1.00 bits per heavy atom. The zero-order valence-electron chi connectivity index (χ0n) is 14.2. The lowest BCUT2D eigenvalue weighted by Gasteiger charge is -2.26. The summed E-state index contributed by atoms with van der Waals surface area (Å²) in [5.74, 6) is -0.402. The van der Waals surface area contributed by atoms with Crippen LogP contribution in [0, 0.1) is 0 Å². The van der Waals surface area contributed by atoms with Crippen molar-refractivity contribution >= 4 is 44.8 Å². The molecular weight excluding hydrogens is 409 g/mol. The summed E-state index contributed by atoms with van der Waals surface area (Å²) in [6.07, 6.45) is 0.904. The van der Waals surface area contributed by atoms with Gasteiger partial charge in [0.2, 0.25) is 10.0 Å². The molecule has 0 unspecified atom stereocenters. The van der Waals surface area contributed by atoms with Crippen LogP contribution >= 0.6 is 23.2 Å². The average molecular weight is 426 g/mol. The molecule has 2 aromatic rings. The maximum Gasteiger partial charge on any atom is 0.271 e. The van der Waals surface area contributed by atoms with Crippen molar-refractivity contribution in [3.63, 3.8) is 0 Å². The third kappa shape index (κ3) is 4.68. The second-order valence-corrected chi connectivity index (χ2v) is 8.72. The van der Waals surface area contributed by atoms with E-state index in [-0.39, 0.29) is 9.92 Å². The third-order valence-electron chi connectivity index (χ3n) is 4.18. The smallest absolute Gasteiger partial charge is 0.267 e. The van der Waals surface area contributed by atoms with Crippen molar-refractivity contribution < 1.29 is 13.2 Å². The quantitative estimate of drug-likeness (QED) is 0.760. The summed E-state index contributed by atoms with van der Waals surface area (Å²) < 4.78 is 26.6. The van der Waals surface area contributed by atoms with Crippen molar-refractivity contribution in [3.05, 3.63) is 64.1 Å². The molecule has 0 aromatic heterocycles. The fraction of sp³-hybridized carbons (Fsp3) is 0.222. The summed E-state index contributed by atoms with van der Waals surface area (Å²) in [6.45, 7) is 0.636. The summed E-state index contributed by atoms with van der Waals surface area (Å²) in [4.78, 5) is 12.4. The first-order chi connectivity index (χ1) is 12.9. The molecule has 1 fully saturated rings. The Bertz CT molecular complexity index is 969. The van der Waals surface area contributed by atoms with Crippen LogP contribution in [0.3, 0.4) is 0 Å². The van der Waals surface area contributed by atoms with Crippen LogP contribution in [0.5, 0.6) is 0 Å². The molecule has 0 atom stereocenters. The first kappa shape index (κ1) is 19.8. The number of nitrogens with zero attached hydrogens (tertiary/aromatic N) is 2. The minimum Gasteiger partial charge on any atom is -0.267 e. The van der Waals surface area contributed by atoms with Gasteiger partial charge >= 0.3 is 0 Å². The van der Waals surface area contributed by atoms with Crippen LogP contribution in [0.25, 0.3) is 0 Å². The van der Waals surface area contributed by atoms with E-state index in [2.05, 4.69) is 10.5 Å². The molecule has 3 rings (SSSR count). The number of carbonyl (C=O) groups is 1. The van der Waals surface area contributed by atoms with E-state index in [0.29, 0.717) is 36.5 Å². The highest BCUT2D eigenvalue weighted by Crippen LogP contribution is 2.23. The van der Waals surface area contributed by atoms with Crippen molar-refractivity contribution in [1.29, 1.82) is 0 Å². The molecule has 9 heteroatoms. The summed E-state index contributed by atoms with van der Waals surface area (Å²) in [5.41, 5.74) is 3.56. The van der Waals surface area contributed by atoms with Crippen LogP contribution in [0.15, 0.2) is 58.5 Å². The second-order valence-electron chi connectivity index (χ2n) is 5.96. The lowest BCUT2D eigenvalue weighted by Crippen LogP contribution is -2.39. The van der Waals surface area contributed by atoms with Crippen molar-refractivity contribution in [2.24, 2.45) is 5.10 Å². The minimum atomic E-state index is -3.50. The van der Waals surface area contributed by atoms with Gasteiger partial charge in [-0.15, -0.1) is 0 Å². The molecule has 27 heavy (non-hydrogen) atoms. The van der Waals surface area contributed by atoms with Crippen molar-refractivity contribution in [3.8, 4) is 0 Å². The van der Waals surface area contributed by atoms with Gasteiger partial charge in [0, 0.05) is 37.2 Å². The average Bonchev–Trinajstić information content (AvgIpc) is 2.69. The Morgan fingerprint density at radius 3 is 2.30 bits per heavy atom. The predicted octanol–water partition coefficient (Wildman–Crippen LogP) is 3.56. The number of hydrogen-bond donors (Lipinski definition) is 1. The standard InChI is InChI=1S/C18H17Cl2N3O3S/c19-16-7-6-13(12-17(16)20)18(24)22-21-14-8-10-23(11-9-14)27(25,26)15-4-2-1-3-5-15/h1-7,12H,8-11H2,(H,22,24). The van der Waals surface area contributed by atoms with Gasteiger partial charge in [0.25, 0.3) is 5.91 Å². The number of halogens is 2. The molecule has 0 radical (unpaired) electrons. The highest BCUT2D eigenvalue weighted by Gasteiger charge is 2.27. The summed E-state index contributed by atoms with van der Waals surface area (Å²) >= 11 is 11.7. The van der Waals surface area contributed by atoms with E-state index in [4.69, 9.17) is 23.2 Å². The van der Waals surface area contributed by atoms with E-state index in [9.17, 15) is 13.2 Å². The molecule has 6 nitrogen and oxygen atoms in total. The van der Waals surface area contributed by atoms with Gasteiger partial charge in [0.1, 0.15) is 0 Å². The molecule has 0 bridgehead atoms. The number of carbonyl (C=O) groups excluding carboxylic acids is 1. The number of hydrogen-bond acceptors (Lipinski definition) is 4. The molecule has 1 aliphatic rings. The van der Waals surface area contributed by atoms with Gasteiger partial charge < -0.3 is 0 Å². The van der Waals surface area contributed by atoms with Gasteiger partial charge in [0.05, 0.1) is 14.9 Å². The Kier molecular flexibility index (Phi) is 6.16. The summed E-state index contributed by atoms with van der Waals surface area (Å²) in [7, 11) is -3.50. The molecule has 1 aliphatic heterocycles. The lowest BCUT2D eigenvalue weighted by molar-refractivity contribution is 0.0954. The molecule has 0 saturated carbocycles. The third-order valence-corrected chi connectivity index (χ3v) is 6.83. The van der Waals surface area contributed by atoms with E-state index in [1.165, 1.54) is 10.4 Å². The Labute approximate surface area is 167 Å². The van der Waals surface area contributed by atoms with Gasteiger partial charge in [-0.3, -0.25) is 4.79 Å². The van der Waals surface area contributed by atoms with Crippen LogP contribution in [0.4, 0.5) is 0 Å². The Morgan fingerprint density at radius 2 is 1.67 bits per heavy atom. The number of amides is 1. The van der Waals surface area contributed by atoms with Crippen molar-refractivity contribution in [2.45, 2.75) is 17.7 Å². The summed E-state index contributed by atoms with van der Waals surface area (Å²) in [6, 6.07) is 12.9. The zero-order chi connectivity index (χ0) is 19.4. The maximum absolute atomic E-state index is 12.6. The Hall–Kier alpha value is -1.93. The predicted molar refractivity (Wildman–Crippen MR) is 106 cm³/mol. The number of piperidine rings is 1. The first-order valence-electron chi connectivity index (χ1n) is 8.24. The van der Waals surface area contributed by atoms with Crippen LogP contribution in [0.2, 0.25) is 10.0 Å². The normalized spacial score (nSPS) is 15.4. The topological polar surface area (TPSA) is 78.8 Å². The molecule has 1 saturated heterocycles. The van der Waals surface area contributed by atoms with Crippen LogP contribution in [0.1, 0.15) is 23.2 Å². The van der Waals surface area contributed by atoms with E-state index in [1.54, 1.807) is 42.5 Å². The number of rotatable bonds is 4. The number of benzene rings is 2. The number of hydrazone groups is 1. The van der Waals surface area contributed by atoms with Gasteiger partial charge in [-0.2, -0.15) is 9.41 Å². The van der Waals surface area contributed by atoms with Gasteiger partial charge in [0.15, 0.2) is 0 Å². The van der Waals surface area contributed by atoms with Gasteiger partial charge in [-0.1, -0.05) is 41.4 Å². The fourth-order valence-electron chi connectivity index (χ4n) is 2.67. The largest absolute Gasteiger partial charge is 0.271 e. The molecule has 0 spiro atoms. The highest BCUT2D eigenvalue weighted by atomic mass is 35.5. The monoisotopic (exact) mass is 425 g/mol. The van der Waals surface area contributed by atoms with Crippen LogP contribution in [-0.2, 0) is 10.0 Å². The molecular formula is C18H17Cl2N3O3S. The Balaban J connectivity index is 1.60. The fourth-order valence-corrected chi connectivity index (χ4v) is 4.43. The molecule has 1 heterocycles. The first-order valence-corrected chi connectivity index (χ1v) is 10.4. The number of nitrogens with one attached hydrogen (secondary N) is 1. The molecule has 1 N–H and O–H groups in total. The van der Waals surface area contributed by atoms with E-state index in [1.807, 2.05) is 0 Å². The van der Waals surface area contributed by atoms with Crippen molar-refractivity contribution in [2.75, 3.05) is 13.1 Å². The van der Waals surface area contributed by atoms with E-state index in [0.717, 1.165) is 5.71 Å². The molecule has 1 amide bonds. The number of sulfonamides is 1. The zero-order valence-corrected chi connectivity index (χ0v) is 16.6. The van der Waals surface area contributed by atoms with E-state index >= 15 is 0 Å². The SMILES string of the molecule is O=C(NN=C1CCN(S(=O)(=O)c2ccccc2)CC1)c1ccc(Cl)c(Cl)c1. The lowest BCUT2D eigenvalue weighted by atomic mass is 10.1. The van der Waals surface area contributed by atoms with Crippen LogP contribution < -0.4 is 5.43 Å². The minimum absolute atomic E-state index is 0.276. The molecule has 0 aliphatic carbocycles. The van der Waals surface area contributed by atoms with Crippen LogP contribution in [-0.4, -0.2) is 37.4 Å². The van der Waals surface area contributed by atoms with Crippen molar-refractivity contribution in [1.82, 2.24) is 9.73 Å². The highest BCUT2D eigenvalue weighted by molar-refractivity contribution is 7.89. The maximum atomic E-state index is 12.6. The van der Waals surface area contributed by atoms with Gasteiger partial charge in [-0.05, 0) is 30.3 Å². The van der Waals surface area contributed by atoms with Gasteiger partial charge in [-0.25, -0.2) is 13.8 Å².